The van der Waals surface area contributed by atoms with E-state index < -0.39 is 0 Å². The van der Waals surface area contributed by atoms with E-state index in [1.807, 2.05) is 30.3 Å². The molecule has 0 atom stereocenters. The fourth-order valence-corrected chi connectivity index (χ4v) is 4.42. The van der Waals surface area contributed by atoms with E-state index in [1.165, 1.54) is 0 Å². The number of benzene rings is 1. The van der Waals surface area contributed by atoms with E-state index in [0.29, 0.717) is 24.7 Å². The summed E-state index contributed by atoms with van der Waals surface area (Å²) in [6, 6.07) is 9.91. The fourth-order valence-electron chi connectivity index (χ4n) is 2.72. The van der Waals surface area contributed by atoms with Crippen molar-refractivity contribution in [1.82, 2.24) is 9.88 Å². The lowest BCUT2D eigenvalue weighted by Gasteiger charge is -2.13. The molecule has 0 saturated heterocycles. The second-order valence-electron chi connectivity index (χ2n) is 6.37. The highest BCUT2D eigenvalue weighted by Crippen LogP contribution is 2.34. The van der Waals surface area contributed by atoms with Gasteiger partial charge in [-0.2, -0.15) is 0 Å². The molecule has 0 radical (unpaired) electrons. The number of hydrogen-bond acceptors (Lipinski definition) is 3. The average Bonchev–Trinajstić information content (AvgIpc) is 3.13. The van der Waals surface area contributed by atoms with E-state index in [2.05, 4.69) is 45.0 Å². The van der Waals surface area contributed by atoms with E-state index >= 15 is 0 Å². The van der Waals surface area contributed by atoms with Gasteiger partial charge in [-0.15, -0.1) is 11.3 Å². The monoisotopic (exact) mass is 420 g/mol. The van der Waals surface area contributed by atoms with Gasteiger partial charge in [0.05, 0.1) is 21.8 Å². The zero-order chi connectivity index (χ0) is 18.0. The highest BCUT2D eigenvalue weighted by Gasteiger charge is 2.19. The first-order valence-corrected chi connectivity index (χ1v) is 9.84. The molecule has 0 fully saturated rings. The maximum atomic E-state index is 12.7. The van der Waals surface area contributed by atoms with Gasteiger partial charge in [0.25, 0.3) is 5.91 Å². The number of hydrogen-bond donors (Lipinski definition) is 1. The summed E-state index contributed by atoms with van der Waals surface area (Å²) in [5.41, 5.74) is 2.83. The van der Waals surface area contributed by atoms with Crippen molar-refractivity contribution in [3.8, 4) is 5.75 Å². The molecule has 1 amide bonds. The number of carbonyl (C=O) groups excluding carboxylic acids is 1. The van der Waals surface area contributed by atoms with Gasteiger partial charge < -0.3 is 14.6 Å². The van der Waals surface area contributed by atoms with Gasteiger partial charge in [-0.1, -0.05) is 26.0 Å². The second kappa shape index (κ2) is 7.62. The fraction of sp³-hybridized carbons (Fsp3) is 0.316. The molecule has 0 unspecified atom stereocenters. The lowest BCUT2D eigenvalue weighted by atomic mass is 10.2. The van der Waals surface area contributed by atoms with Gasteiger partial charge in [0.15, 0.2) is 0 Å². The first kappa shape index (κ1) is 18.0. The second-order valence-corrected chi connectivity index (χ2v) is 8.13. The van der Waals surface area contributed by atoms with Crippen LogP contribution in [0.4, 0.5) is 0 Å². The molecular weight excluding hydrogens is 400 g/mol. The van der Waals surface area contributed by atoms with Crippen LogP contribution >= 0.6 is 27.3 Å². The molecule has 4 nitrogen and oxygen atoms in total. The number of amides is 1. The number of thiophene rings is 1. The standard InChI is InChI=1S/C19H21BrN2O2S/c1-12(2)9-21-19(23)16-8-17-18(15(20)11-25-17)22(16)10-13-5-4-6-14(7-13)24-3/h4-8,11-12H,9-10H2,1-3H3,(H,21,23). The van der Waals surface area contributed by atoms with Crippen LogP contribution in [0.3, 0.4) is 0 Å². The van der Waals surface area contributed by atoms with Crippen LogP contribution in [0, 0.1) is 5.92 Å². The van der Waals surface area contributed by atoms with E-state index in [1.54, 1.807) is 18.4 Å². The number of aromatic nitrogens is 1. The van der Waals surface area contributed by atoms with Crippen molar-refractivity contribution in [2.24, 2.45) is 5.92 Å². The van der Waals surface area contributed by atoms with Crippen LogP contribution in [0.5, 0.6) is 5.75 Å². The molecule has 0 spiro atoms. The summed E-state index contributed by atoms with van der Waals surface area (Å²) in [6.07, 6.45) is 0. The quantitative estimate of drug-likeness (QED) is 0.615. The van der Waals surface area contributed by atoms with Crippen molar-refractivity contribution >= 4 is 43.4 Å². The number of halogens is 1. The zero-order valence-corrected chi connectivity index (χ0v) is 16.9. The Kier molecular flexibility index (Phi) is 5.49. The number of methoxy groups -OCH3 is 1. The summed E-state index contributed by atoms with van der Waals surface area (Å²) in [5, 5.41) is 5.08. The van der Waals surface area contributed by atoms with Crippen LogP contribution < -0.4 is 10.1 Å². The molecular formula is C19H21BrN2O2S. The molecule has 0 aliphatic rings. The Hall–Kier alpha value is -1.79. The predicted octanol–water partition coefficient (Wildman–Crippen LogP) is 4.91. The first-order valence-electron chi connectivity index (χ1n) is 8.17. The Morgan fingerprint density at radius 3 is 2.88 bits per heavy atom. The van der Waals surface area contributed by atoms with Gasteiger partial charge in [-0.05, 0) is 45.6 Å². The van der Waals surface area contributed by atoms with Crippen LogP contribution in [-0.2, 0) is 6.54 Å². The van der Waals surface area contributed by atoms with Crippen LogP contribution in [0.25, 0.3) is 10.2 Å². The Bertz CT molecular complexity index is 898. The van der Waals surface area contributed by atoms with Gasteiger partial charge >= 0.3 is 0 Å². The largest absolute Gasteiger partial charge is 0.497 e. The lowest BCUT2D eigenvalue weighted by Crippen LogP contribution is -2.29. The molecule has 2 aromatic heterocycles. The van der Waals surface area contributed by atoms with E-state index in [0.717, 1.165) is 26.0 Å². The van der Waals surface area contributed by atoms with Gasteiger partial charge in [-0.3, -0.25) is 4.79 Å². The number of rotatable bonds is 6. The lowest BCUT2D eigenvalue weighted by molar-refractivity contribution is 0.0940. The maximum Gasteiger partial charge on any atom is 0.267 e. The number of carbonyl (C=O) groups is 1. The van der Waals surface area contributed by atoms with Crippen LogP contribution in [0.2, 0.25) is 0 Å². The van der Waals surface area contributed by atoms with Crippen LogP contribution in [-0.4, -0.2) is 24.1 Å². The van der Waals surface area contributed by atoms with Crippen LogP contribution in [0.15, 0.2) is 40.2 Å². The third-order valence-electron chi connectivity index (χ3n) is 3.96. The van der Waals surface area contributed by atoms with E-state index in [9.17, 15) is 4.79 Å². The number of fused-ring (bicyclic) bond motifs is 1. The van der Waals surface area contributed by atoms with Crippen molar-refractivity contribution in [3.63, 3.8) is 0 Å². The predicted molar refractivity (Wildman–Crippen MR) is 107 cm³/mol. The van der Waals surface area contributed by atoms with Gasteiger partial charge in [0, 0.05) is 18.5 Å². The molecule has 3 rings (SSSR count). The van der Waals surface area contributed by atoms with Crippen molar-refractivity contribution in [1.29, 1.82) is 0 Å². The van der Waals surface area contributed by atoms with E-state index in [-0.39, 0.29) is 5.91 Å². The molecule has 6 heteroatoms. The highest BCUT2D eigenvalue weighted by atomic mass is 79.9. The normalized spacial score (nSPS) is 11.2. The maximum absolute atomic E-state index is 12.7. The van der Waals surface area contributed by atoms with Crippen molar-refractivity contribution in [2.45, 2.75) is 20.4 Å². The first-order chi connectivity index (χ1) is 12.0. The summed E-state index contributed by atoms with van der Waals surface area (Å²) in [6.45, 7) is 5.45. The van der Waals surface area contributed by atoms with Gasteiger partial charge in [0.2, 0.25) is 0 Å². The molecule has 0 bridgehead atoms. The third kappa shape index (κ3) is 3.90. The smallest absolute Gasteiger partial charge is 0.267 e. The Morgan fingerprint density at radius 1 is 1.36 bits per heavy atom. The molecule has 3 aromatic rings. The van der Waals surface area contributed by atoms with Gasteiger partial charge in [0.1, 0.15) is 11.4 Å². The average molecular weight is 421 g/mol. The summed E-state index contributed by atoms with van der Waals surface area (Å²) in [5.74, 6) is 1.20. The minimum atomic E-state index is -0.0353. The molecule has 132 valence electrons. The molecule has 1 aromatic carbocycles. The van der Waals surface area contributed by atoms with E-state index in [4.69, 9.17) is 4.74 Å². The molecule has 1 N–H and O–H groups in total. The van der Waals surface area contributed by atoms with Crippen LogP contribution in [0.1, 0.15) is 29.9 Å². The number of nitrogens with one attached hydrogen (secondary N) is 1. The molecule has 2 heterocycles. The number of nitrogens with zero attached hydrogens (tertiary/aromatic N) is 1. The Balaban J connectivity index is 2.00. The minimum absolute atomic E-state index is 0.0353. The summed E-state index contributed by atoms with van der Waals surface area (Å²) >= 11 is 5.25. The molecule has 0 aliphatic carbocycles. The van der Waals surface area contributed by atoms with Crippen molar-refractivity contribution in [2.75, 3.05) is 13.7 Å². The molecule has 0 aliphatic heterocycles. The minimum Gasteiger partial charge on any atom is -0.497 e. The van der Waals surface area contributed by atoms with Crippen molar-refractivity contribution in [3.05, 3.63) is 51.4 Å². The zero-order valence-electron chi connectivity index (χ0n) is 14.5. The molecule has 0 saturated carbocycles. The summed E-state index contributed by atoms with van der Waals surface area (Å²) in [4.78, 5) is 12.7. The summed E-state index contributed by atoms with van der Waals surface area (Å²) < 4.78 is 9.50. The third-order valence-corrected chi connectivity index (χ3v) is 5.78. The summed E-state index contributed by atoms with van der Waals surface area (Å²) in [7, 11) is 1.66. The molecule has 25 heavy (non-hydrogen) atoms. The Labute approximate surface area is 159 Å². The SMILES string of the molecule is COc1cccc(Cn2c(C(=O)NCC(C)C)cc3scc(Br)c32)c1. The van der Waals surface area contributed by atoms with Crippen molar-refractivity contribution < 1.29 is 9.53 Å². The Morgan fingerprint density at radius 2 is 2.16 bits per heavy atom. The van der Waals surface area contributed by atoms with Gasteiger partial charge in [-0.25, -0.2) is 0 Å². The topological polar surface area (TPSA) is 43.3 Å². The number of ether oxygens (including phenoxy) is 1. The highest BCUT2D eigenvalue weighted by molar-refractivity contribution is 9.10.